The van der Waals surface area contributed by atoms with Crippen molar-refractivity contribution in [2.24, 2.45) is 5.73 Å². The second kappa shape index (κ2) is 5.46. The van der Waals surface area contributed by atoms with Gasteiger partial charge in [-0.2, -0.15) is 0 Å². The van der Waals surface area contributed by atoms with E-state index >= 15 is 0 Å². The average Bonchev–Trinajstić information content (AvgIpc) is 2.34. The summed E-state index contributed by atoms with van der Waals surface area (Å²) in [6.07, 6.45) is 0.849. The zero-order valence-electron chi connectivity index (χ0n) is 10.5. The lowest BCUT2D eigenvalue weighted by molar-refractivity contribution is -0.122. The SMILES string of the molecule is CN1CC(=O)N(c2ccc(F)cc2)CC1CCN. The summed E-state index contributed by atoms with van der Waals surface area (Å²) < 4.78 is 12.9. The highest BCUT2D eigenvalue weighted by Crippen LogP contribution is 2.20. The molecule has 0 radical (unpaired) electrons. The standard InChI is InChI=1S/C13H18FN3O/c1-16-9-13(18)17(8-12(16)6-7-15)11-4-2-10(14)3-5-11/h2-5,12H,6-9,15H2,1H3. The smallest absolute Gasteiger partial charge is 0.241 e. The molecule has 0 aliphatic carbocycles. The number of likely N-dealkylation sites (N-methyl/N-ethyl adjacent to an activating group) is 1. The number of carbonyl (C=O) groups is 1. The molecule has 18 heavy (non-hydrogen) atoms. The summed E-state index contributed by atoms with van der Waals surface area (Å²) in [5.41, 5.74) is 6.33. The first kappa shape index (κ1) is 13.0. The number of benzene rings is 1. The number of hydrogen-bond donors (Lipinski definition) is 1. The summed E-state index contributed by atoms with van der Waals surface area (Å²) in [5.74, 6) is -0.254. The molecular weight excluding hydrogens is 233 g/mol. The summed E-state index contributed by atoms with van der Waals surface area (Å²) in [4.78, 5) is 15.7. The fourth-order valence-corrected chi connectivity index (χ4v) is 2.25. The van der Waals surface area contributed by atoms with Gasteiger partial charge in [0.15, 0.2) is 0 Å². The Morgan fingerprint density at radius 1 is 1.39 bits per heavy atom. The van der Waals surface area contributed by atoms with E-state index in [1.807, 2.05) is 11.9 Å². The zero-order valence-corrected chi connectivity index (χ0v) is 10.5. The molecule has 1 aliphatic rings. The molecule has 1 unspecified atom stereocenters. The summed E-state index contributed by atoms with van der Waals surface area (Å²) in [6, 6.07) is 6.28. The van der Waals surface area contributed by atoms with Crippen molar-refractivity contribution in [3.05, 3.63) is 30.1 Å². The number of anilines is 1. The summed E-state index contributed by atoms with van der Waals surface area (Å²) >= 11 is 0. The van der Waals surface area contributed by atoms with E-state index in [2.05, 4.69) is 0 Å². The molecule has 1 amide bonds. The number of hydrogen-bond acceptors (Lipinski definition) is 3. The maximum Gasteiger partial charge on any atom is 0.241 e. The third-order valence-electron chi connectivity index (χ3n) is 3.34. The van der Waals surface area contributed by atoms with Gasteiger partial charge < -0.3 is 10.6 Å². The second-order valence-electron chi connectivity index (χ2n) is 4.63. The molecule has 2 N–H and O–H groups in total. The van der Waals surface area contributed by atoms with Gasteiger partial charge >= 0.3 is 0 Å². The Hall–Kier alpha value is -1.46. The van der Waals surface area contributed by atoms with E-state index in [1.165, 1.54) is 12.1 Å². The minimum atomic E-state index is -0.293. The van der Waals surface area contributed by atoms with Gasteiger partial charge in [-0.1, -0.05) is 0 Å². The molecule has 1 aliphatic heterocycles. The van der Waals surface area contributed by atoms with Gasteiger partial charge in [0.05, 0.1) is 6.54 Å². The molecule has 1 atom stereocenters. The monoisotopic (exact) mass is 251 g/mol. The lowest BCUT2D eigenvalue weighted by Crippen LogP contribution is -2.55. The number of amides is 1. The number of nitrogens with zero attached hydrogens (tertiary/aromatic N) is 2. The topological polar surface area (TPSA) is 49.6 Å². The molecular formula is C13H18FN3O. The Morgan fingerprint density at radius 3 is 2.67 bits per heavy atom. The van der Waals surface area contributed by atoms with Gasteiger partial charge in [0, 0.05) is 18.3 Å². The predicted molar refractivity (Wildman–Crippen MR) is 68.8 cm³/mol. The van der Waals surface area contributed by atoms with Gasteiger partial charge in [0.25, 0.3) is 0 Å². The van der Waals surface area contributed by atoms with Crippen molar-refractivity contribution in [1.82, 2.24) is 4.90 Å². The van der Waals surface area contributed by atoms with Gasteiger partial charge in [-0.25, -0.2) is 4.39 Å². The minimum absolute atomic E-state index is 0.0392. The van der Waals surface area contributed by atoms with E-state index in [-0.39, 0.29) is 17.8 Å². The van der Waals surface area contributed by atoms with Crippen molar-refractivity contribution in [2.75, 3.05) is 31.6 Å². The number of rotatable bonds is 3. The van der Waals surface area contributed by atoms with Crippen LogP contribution in [-0.2, 0) is 4.79 Å². The quantitative estimate of drug-likeness (QED) is 0.865. The lowest BCUT2D eigenvalue weighted by Gasteiger charge is -2.39. The van der Waals surface area contributed by atoms with E-state index in [0.29, 0.717) is 19.6 Å². The van der Waals surface area contributed by atoms with E-state index in [0.717, 1.165) is 12.1 Å². The van der Waals surface area contributed by atoms with Crippen LogP contribution in [0.25, 0.3) is 0 Å². The Kier molecular flexibility index (Phi) is 3.93. The Balaban J connectivity index is 2.16. The van der Waals surface area contributed by atoms with Gasteiger partial charge in [-0.15, -0.1) is 0 Å². The van der Waals surface area contributed by atoms with E-state index in [1.54, 1.807) is 17.0 Å². The van der Waals surface area contributed by atoms with Gasteiger partial charge in [0.1, 0.15) is 5.82 Å². The minimum Gasteiger partial charge on any atom is -0.330 e. The van der Waals surface area contributed by atoms with Crippen molar-refractivity contribution >= 4 is 11.6 Å². The van der Waals surface area contributed by atoms with E-state index < -0.39 is 0 Å². The number of nitrogens with two attached hydrogens (primary N) is 1. The largest absolute Gasteiger partial charge is 0.330 e. The first-order chi connectivity index (χ1) is 8.61. The normalized spacial score (nSPS) is 21.4. The highest BCUT2D eigenvalue weighted by atomic mass is 19.1. The molecule has 0 spiro atoms. The molecule has 1 fully saturated rings. The molecule has 5 heteroatoms. The van der Waals surface area contributed by atoms with Gasteiger partial charge in [-0.3, -0.25) is 9.69 Å². The number of halogens is 1. The van der Waals surface area contributed by atoms with Crippen molar-refractivity contribution < 1.29 is 9.18 Å². The van der Waals surface area contributed by atoms with Crippen molar-refractivity contribution in [3.8, 4) is 0 Å². The molecule has 1 saturated heterocycles. The first-order valence-corrected chi connectivity index (χ1v) is 6.08. The Morgan fingerprint density at radius 2 is 2.06 bits per heavy atom. The summed E-state index contributed by atoms with van der Waals surface area (Å²) in [6.45, 7) is 1.58. The zero-order chi connectivity index (χ0) is 13.1. The van der Waals surface area contributed by atoms with Crippen LogP contribution in [-0.4, -0.2) is 43.5 Å². The molecule has 1 aromatic rings. The van der Waals surface area contributed by atoms with Crippen LogP contribution in [0.2, 0.25) is 0 Å². The molecule has 1 heterocycles. The van der Waals surface area contributed by atoms with Crippen LogP contribution in [0.15, 0.2) is 24.3 Å². The van der Waals surface area contributed by atoms with Crippen LogP contribution in [0.5, 0.6) is 0 Å². The van der Waals surface area contributed by atoms with Gasteiger partial charge in [0.2, 0.25) is 5.91 Å². The van der Waals surface area contributed by atoms with Crippen LogP contribution in [0.3, 0.4) is 0 Å². The van der Waals surface area contributed by atoms with E-state index in [4.69, 9.17) is 5.73 Å². The lowest BCUT2D eigenvalue weighted by atomic mass is 10.1. The maximum atomic E-state index is 12.9. The Bertz CT molecular complexity index is 421. The molecule has 4 nitrogen and oxygen atoms in total. The van der Waals surface area contributed by atoms with Crippen molar-refractivity contribution in [2.45, 2.75) is 12.5 Å². The molecule has 2 rings (SSSR count). The van der Waals surface area contributed by atoms with E-state index in [9.17, 15) is 9.18 Å². The third-order valence-corrected chi connectivity index (χ3v) is 3.34. The van der Waals surface area contributed by atoms with Crippen LogP contribution >= 0.6 is 0 Å². The van der Waals surface area contributed by atoms with Crippen LogP contribution in [0.1, 0.15) is 6.42 Å². The molecule has 0 bridgehead atoms. The third kappa shape index (κ3) is 2.68. The predicted octanol–water partition coefficient (Wildman–Crippen LogP) is 0.821. The van der Waals surface area contributed by atoms with Gasteiger partial charge in [-0.05, 0) is 44.3 Å². The maximum absolute atomic E-state index is 12.9. The first-order valence-electron chi connectivity index (χ1n) is 6.08. The highest BCUT2D eigenvalue weighted by molar-refractivity contribution is 5.95. The number of piperazine rings is 1. The Labute approximate surface area is 106 Å². The summed E-state index contributed by atoms with van der Waals surface area (Å²) in [7, 11) is 1.93. The summed E-state index contributed by atoms with van der Waals surface area (Å²) in [5, 5.41) is 0. The molecule has 0 aromatic heterocycles. The second-order valence-corrected chi connectivity index (χ2v) is 4.63. The molecule has 1 aromatic carbocycles. The fourth-order valence-electron chi connectivity index (χ4n) is 2.25. The average molecular weight is 251 g/mol. The highest BCUT2D eigenvalue weighted by Gasteiger charge is 2.29. The van der Waals surface area contributed by atoms with Crippen molar-refractivity contribution in [3.63, 3.8) is 0 Å². The van der Waals surface area contributed by atoms with Crippen molar-refractivity contribution in [1.29, 1.82) is 0 Å². The van der Waals surface area contributed by atoms with Crippen LogP contribution in [0, 0.1) is 5.82 Å². The fraction of sp³-hybridized carbons (Fsp3) is 0.462. The van der Waals surface area contributed by atoms with Crippen LogP contribution < -0.4 is 10.6 Å². The molecule has 98 valence electrons. The number of carbonyl (C=O) groups excluding carboxylic acids is 1. The van der Waals surface area contributed by atoms with Crippen LogP contribution in [0.4, 0.5) is 10.1 Å². The molecule has 0 saturated carbocycles.